The minimum absolute atomic E-state index is 0.00278. The average molecular weight is 270 g/mol. The molecule has 2 N–H and O–H groups in total. The number of hydrogen-bond donors (Lipinski definition) is 2. The van der Waals surface area contributed by atoms with E-state index in [0.717, 1.165) is 19.4 Å². The van der Waals surface area contributed by atoms with Gasteiger partial charge < -0.3 is 15.3 Å². The number of likely N-dealkylation sites (tertiary alicyclic amines) is 1. The normalized spacial score (nSPS) is 20.7. The number of rotatable bonds is 5. The van der Waals surface area contributed by atoms with Crippen LogP contribution < -0.4 is 5.32 Å². The molecule has 0 saturated carbocycles. The number of amides is 2. The number of aliphatic carboxylic acids is 1. The molecular formula is C13H22N2O4. The van der Waals surface area contributed by atoms with Gasteiger partial charge in [0.15, 0.2) is 0 Å². The molecule has 1 fully saturated rings. The van der Waals surface area contributed by atoms with Gasteiger partial charge in [-0.25, -0.2) is 0 Å². The monoisotopic (exact) mass is 270 g/mol. The Morgan fingerprint density at radius 2 is 2.11 bits per heavy atom. The topological polar surface area (TPSA) is 86.7 Å². The molecule has 0 aliphatic carbocycles. The zero-order valence-corrected chi connectivity index (χ0v) is 11.5. The highest BCUT2D eigenvalue weighted by Crippen LogP contribution is 2.16. The van der Waals surface area contributed by atoms with Gasteiger partial charge in [0.25, 0.3) is 0 Å². The molecule has 0 radical (unpaired) electrons. The Morgan fingerprint density at radius 3 is 2.68 bits per heavy atom. The van der Waals surface area contributed by atoms with Gasteiger partial charge in [0.1, 0.15) is 0 Å². The van der Waals surface area contributed by atoms with Crippen molar-refractivity contribution in [3.63, 3.8) is 0 Å². The first-order valence-corrected chi connectivity index (χ1v) is 6.68. The Bertz CT molecular complexity index is 357. The first kappa shape index (κ1) is 15.5. The summed E-state index contributed by atoms with van der Waals surface area (Å²) in [5.74, 6) is -1.56. The number of nitrogens with one attached hydrogen (secondary N) is 1. The standard InChI is InChI=1S/C13H22N2O4/c1-9(13(18)19)5-6-14-12(17)11-4-3-7-15(8-11)10(2)16/h9,11H,3-8H2,1-2H3,(H,14,17)(H,18,19). The lowest BCUT2D eigenvalue weighted by atomic mass is 9.97. The smallest absolute Gasteiger partial charge is 0.306 e. The molecule has 2 amide bonds. The van der Waals surface area contributed by atoms with Crippen LogP contribution in [0.3, 0.4) is 0 Å². The molecule has 108 valence electrons. The molecule has 1 rings (SSSR count). The molecule has 19 heavy (non-hydrogen) atoms. The van der Waals surface area contributed by atoms with Gasteiger partial charge in [-0.15, -0.1) is 0 Å². The van der Waals surface area contributed by atoms with Gasteiger partial charge in [0.05, 0.1) is 11.8 Å². The van der Waals surface area contributed by atoms with E-state index in [1.165, 1.54) is 6.92 Å². The lowest BCUT2D eigenvalue weighted by molar-refractivity contribution is -0.141. The average Bonchev–Trinajstić information content (AvgIpc) is 2.38. The van der Waals surface area contributed by atoms with Crippen molar-refractivity contribution in [2.24, 2.45) is 11.8 Å². The fourth-order valence-corrected chi connectivity index (χ4v) is 2.16. The summed E-state index contributed by atoms with van der Waals surface area (Å²) in [6.07, 6.45) is 2.04. The van der Waals surface area contributed by atoms with E-state index in [1.54, 1.807) is 11.8 Å². The molecule has 2 unspecified atom stereocenters. The Hall–Kier alpha value is -1.59. The second-order valence-electron chi connectivity index (χ2n) is 5.12. The van der Waals surface area contributed by atoms with Gasteiger partial charge in [0, 0.05) is 26.6 Å². The van der Waals surface area contributed by atoms with Crippen molar-refractivity contribution in [1.29, 1.82) is 0 Å². The highest BCUT2D eigenvalue weighted by Gasteiger charge is 2.26. The Balaban J connectivity index is 2.33. The van der Waals surface area contributed by atoms with E-state index in [4.69, 9.17) is 5.11 Å². The predicted octanol–water partition coefficient (Wildman–Crippen LogP) is 0.472. The van der Waals surface area contributed by atoms with Crippen LogP contribution >= 0.6 is 0 Å². The van der Waals surface area contributed by atoms with Crippen LogP contribution in [0.2, 0.25) is 0 Å². The van der Waals surface area contributed by atoms with Crippen LogP contribution in [0.15, 0.2) is 0 Å². The zero-order chi connectivity index (χ0) is 14.4. The molecule has 0 aromatic heterocycles. The van der Waals surface area contributed by atoms with Crippen molar-refractivity contribution < 1.29 is 19.5 Å². The molecule has 1 aliphatic rings. The SMILES string of the molecule is CC(=O)N1CCCC(C(=O)NCCC(C)C(=O)O)C1. The molecule has 6 nitrogen and oxygen atoms in total. The predicted molar refractivity (Wildman–Crippen MR) is 69.4 cm³/mol. The maximum Gasteiger partial charge on any atom is 0.306 e. The van der Waals surface area contributed by atoms with Crippen LogP contribution in [0.5, 0.6) is 0 Å². The third-order valence-electron chi connectivity index (χ3n) is 3.54. The number of hydrogen-bond acceptors (Lipinski definition) is 3. The fourth-order valence-electron chi connectivity index (χ4n) is 2.16. The van der Waals surface area contributed by atoms with Crippen LogP contribution in [0, 0.1) is 11.8 Å². The third-order valence-corrected chi connectivity index (χ3v) is 3.54. The minimum Gasteiger partial charge on any atom is -0.481 e. The summed E-state index contributed by atoms with van der Waals surface area (Å²) < 4.78 is 0. The van der Waals surface area contributed by atoms with Crippen LogP contribution in [-0.2, 0) is 14.4 Å². The van der Waals surface area contributed by atoms with Gasteiger partial charge in [-0.3, -0.25) is 14.4 Å². The van der Waals surface area contributed by atoms with E-state index in [1.807, 2.05) is 0 Å². The minimum atomic E-state index is -0.852. The highest BCUT2D eigenvalue weighted by atomic mass is 16.4. The van der Waals surface area contributed by atoms with Crippen molar-refractivity contribution in [3.05, 3.63) is 0 Å². The Labute approximate surface area is 113 Å². The maximum absolute atomic E-state index is 11.9. The van der Waals surface area contributed by atoms with Gasteiger partial charge in [-0.2, -0.15) is 0 Å². The second-order valence-corrected chi connectivity index (χ2v) is 5.12. The van der Waals surface area contributed by atoms with Crippen molar-refractivity contribution in [2.45, 2.75) is 33.1 Å². The first-order chi connectivity index (χ1) is 8.91. The molecule has 1 saturated heterocycles. The first-order valence-electron chi connectivity index (χ1n) is 6.68. The number of nitrogens with zero attached hydrogens (tertiary/aromatic N) is 1. The van der Waals surface area contributed by atoms with Crippen molar-refractivity contribution >= 4 is 17.8 Å². The summed E-state index contributed by atoms with van der Waals surface area (Å²) in [5.41, 5.74) is 0. The molecule has 0 bridgehead atoms. The van der Waals surface area contributed by atoms with Gasteiger partial charge in [0.2, 0.25) is 11.8 Å². The molecule has 1 aliphatic heterocycles. The van der Waals surface area contributed by atoms with E-state index in [2.05, 4.69) is 5.32 Å². The van der Waals surface area contributed by atoms with Crippen molar-refractivity contribution in [3.8, 4) is 0 Å². The molecule has 0 aromatic rings. The van der Waals surface area contributed by atoms with E-state index in [9.17, 15) is 14.4 Å². The Kier molecular flexibility index (Phi) is 5.79. The molecule has 6 heteroatoms. The molecular weight excluding hydrogens is 248 g/mol. The number of carbonyl (C=O) groups excluding carboxylic acids is 2. The van der Waals surface area contributed by atoms with Crippen LogP contribution in [0.4, 0.5) is 0 Å². The summed E-state index contributed by atoms with van der Waals surface area (Å²) in [5, 5.41) is 11.5. The van der Waals surface area contributed by atoms with Crippen LogP contribution in [0.25, 0.3) is 0 Å². The van der Waals surface area contributed by atoms with E-state index in [-0.39, 0.29) is 17.7 Å². The van der Waals surface area contributed by atoms with Gasteiger partial charge in [-0.05, 0) is 19.3 Å². The number of piperidine rings is 1. The molecule has 1 heterocycles. The summed E-state index contributed by atoms with van der Waals surface area (Å²) in [4.78, 5) is 35.5. The largest absolute Gasteiger partial charge is 0.481 e. The van der Waals surface area contributed by atoms with Gasteiger partial charge in [-0.1, -0.05) is 6.92 Å². The lowest BCUT2D eigenvalue weighted by Gasteiger charge is -2.31. The summed E-state index contributed by atoms with van der Waals surface area (Å²) in [6, 6.07) is 0. The van der Waals surface area contributed by atoms with Crippen LogP contribution in [-0.4, -0.2) is 47.4 Å². The lowest BCUT2D eigenvalue weighted by Crippen LogP contribution is -2.45. The second kappa shape index (κ2) is 7.11. The quantitative estimate of drug-likeness (QED) is 0.760. The zero-order valence-electron chi connectivity index (χ0n) is 11.5. The van der Waals surface area contributed by atoms with Crippen molar-refractivity contribution in [1.82, 2.24) is 10.2 Å². The number of carboxylic acids is 1. The summed E-state index contributed by atoms with van der Waals surface area (Å²) in [6.45, 7) is 4.68. The fraction of sp³-hybridized carbons (Fsp3) is 0.769. The molecule has 0 aromatic carbocycles. The highest BCUT2D eigenvalue weighted by molar-refractivity contribution is 5.80. The summed E-state index contributed by atoms with van der Waals surface area (Å²) >= 11 is 0. The van der Waals surface area contributed by atoms with E-state index in [0.29, 0.717) is 19.5 Å². The molecule has 0 spiro atoms. The molecule has 2 atom stereocenters. The van der Waals surface area contributed by atoms with Crippen molar-refractivity contribution in [2.75, 3.05) is 19.6 Å². The van der Waals surface area contributed by atoms with Gasteiger partial charge >= 0.3 is 5.97 Å². The van der Waals surface area contributed by atoms with Crippen LogP contribution in [0.1, 0.15) is 33.1 Å². The maximum atomic E-state index is 11.9. The Morgan fingerprint density at radius 1 is 1.42 bits per heavy atom. The van der Waals surface area contributed by atoms with E-state index >= 15 is 0 Å². The number of carboxylic acid groups (broad SMARTS) is 1. The number of carbonyl (C=O) groups is 3. The summed E-state index contributed by atoms with van der Waals surface area (Å²) in [7, 11) is 0. The third kappa shape index (κ3) is 4.89. The van der Waals surface area contributed by atoms with E-state index < -0.39 is 11.9 Å².